The quantitative estimate of drug-likeness (QED) is 0.586. The predicted octanol–water partition coefficient (Wildman–Crippen LogP) is 2.65. The summed E-state index contributed by atoms with van der Waals surface area (Å²) in [5.74, 6) is 0.271. The number of para-hydroxylation sites is 2. The molecule has 0 saturated carbocycles. The number of hydrogen-bond donors (Lipinski definition) is 3. The van der Waals surface area contributed by atoms with Crippen LogP contribution in [0.3, 0.4) is 0 Å². The lowest BCUT2D eigenvalue weighted by atomic mass is 9.95. The highest BCUT2D eigenvalue weighted by Crippen LogP contribution is 2.31. The van der Waals surface area contributed by atoms with Gasteiger partial charge in [0.2, 0.25) is 6.10 Å². The lowest BCUT2D eigenvalue weighted by Gasteiger charge is -2.25. The van der Waals surface area contributed by atoms with E-state index in [1.54, 1.807) is 24.3 Å². The summed E-state index contributed by atoms with van der Waals surface area (Å²) in [6, 6.07) is 12.7. The minimum Gasteiger partial charge on any atom is -0.485 e. The molecule has 2 heterocycles. The van der Waals surface area contributed by atoms with E-state index in [2.05, 4.69) is 15.8 Å². The molecule has 1 aliphatic heterocycles. The second kappa shape index (κ2) is 7.16. The molecule has 1 unspecified atom stereocenters. The normalized spacial score (nSPS) is 17.4. The maximum Gasteiger partial charge on any atom is 0.283 e. The minimum absolute atomic E-state index is 0.0835. The van der Waals surface area contributed by atoms with E-state index in [-0.39, 0.29) is 12.5 Å². The molecule has 3 aromatic rings. The van der Waals surface area contributed by atoms with E-state index in [4.69, 9.17) is 9.47 Å². The Labute approximate surface area is 167 Å². The van der Waals surface area contributed by atoms with E-state index in [0.717, 1.165) is 23.7 Å². The molecule has 148 valence electrons. The summed E-state index contributed by atoms with van der Waals surface area (Å²) < 4.78 is 11.2. The van der Waals surface area contributed by atoms with Crippen molar-refractivity contribution in [1.82, 2.24) is 15.8 Å². The third kappa shape index (κ3) is 3.29. The van der Waals surface area contributed by atoms with Crippen LogP contribution in [0.1, 0.15) is 34.5 Å². The third-order valence-electron chi connectivity index (χ3n) is 5.46. The number of aromatic amines is 1. The Kier molecular flexibility index (Phi) is 4.35. The third-order valence-corrected chi connectivity index (χ3v) is 5.46. The van der Waals surface area contributed by atoms with E-state index >= 15 is 0 Å². The number of carbonyl (C=O) groups excluding carboxylic acids is 2. The molecular weight excluding hydrogens is 370 g/mol. The second-order valence-corrected chi connectivity index (χ2v) is 7.36. The first-order chi connectivity index (χ1) is 14.2. The molecule has 2 aliphatic rings. The first-order valence-corrected chi connectivity index (χ1v) is 9.81. The highest BCUT2D eigenvalue weighted by atomic mass is 16.6. The van der Waals surface area contributed by atoms with Crippen LogP contribution in [0.2, 0.25) is 0 Å². The number of ether oxygens (including phenoxy) is 2. The molecule has 5 rings (SSSR count). The van der Waals surface area contributed by atoms with Crippen LogP contribution in [0, 0.1) is 0 Å². The number of nitrogens with one attached hydrogen (secondary N) is 3. The van der Waals surface area contributed by atoms with Crippen LogP contribution in [0.4, 0.5) is 0 Å². The summed E-state index contributed by atoms with van der Waals surface area (Å²) in [6.45, 7) is 0.0835. The van der Waals surface area contributed by atoms with Gasteiger partial charge in [0.1, 0.15) is 6.61 Å². The van der Waals surface area contributed by atoms with Gasteiger partial charge in [-0.05, 0) is 61.6 Å². The number of amides is 2. The summed E-state index contributed by atoms with van der Waals surface area (Å²) in [5.41, 5.74) is 9.02. The first kappa shape index (κ1) is 17.6. The molecule has 2 amide bonds. The average Bonchev–Trinajstić information content (AvgIpc) is 3.14. The summed E-state index contributed by atoms with van der Waals surface area (Å²) in [7, 11) is 0. The smallest absolute Gasteiger partial charge is 0.283 e. The van der Waals surface area contributed by atoms with Crippen molar-refractivity contribution >= 4 is 22.7 Å². The number of aromatic nitrogens is 1. The zero-order valence-corrected chi connectivity index (χ0v) is 15.8. The fourth-order valence-corrected chi connectivity index (χ4v) is 3.97. The van der Waals surface area contributed by atoms with Gasteiger partial charge in [0, 0.05) is 22.2 Å². The topological polar surface area (TPSA) is 92.5 Å². The first-order valence-electron chi connectivity index (χ1n) is 9.81. The molecule has 1 atom stereocenters. The molecular formula is C22H21N3O4. The summed E-state index contributed by atoms with van der Waals surface area (Å²) >= 11 is 0. The van der Waals surface area contributed by atoms with Crippen LogP contribution in [-0.2, 0) is 17.6 Å². The van der Waals surface area contributed by atoms with Crippen molar-refractivity contribution < 1.29 is 19.1 Å². The van der Waals surface area contributed by atoms with Crippen LogP contribution < -0.4 is 20.3 Å². The number of hydrazine groups is 1. The van der Waals surface area contributed by atoms with Crippen molar-refractivity contribution in [3.63, 3.8) is 0 Å². The molecule has 7 nitrogen and oxygen atoms in total. The summed E-state index contributed by atoms with van der Waals surface area (Å²) in [4.78, 5) is 28.4. The number of rotatable bonds is 2. The molecule has 3 N–H and O–H groups in total. The van der Waals surface area contributed by atoms with Gasteiger partial charge in [-0.25, -0.2) is 0 Å². The number of carbonyl (C=O) groups is 2. The van der Waals surface area contributed by atoms with Crippen LogP contribution in [0.5, 0.6) is 11.5 Å². The minimum atomic E-state index is -0.829. The zero-order valence-electron chi connectivity index (χ0n) is 15.8. The van der Waals surface area contributed by atoms with Gasteiger partial charge in [-0.3, -0.25) is 20.4 Å². The van der Waals surface area contributed by atoms with Crippen molar-refractivity contribution in [2.45, 2.75) is 31.8 Å². The molecule has 0 fully saturated rings. The number of fused-ring (bicyclic) bond motifs is 4. The van der Waals surface area contributed by atoms with E-state index in [1.807, 2.05) is 18.2 Å². The molecule has 0 bridgehead atoms. The molecule has 2 aromatic carbocycles. The monoisotopic (exact) mass is 391 g/mol. The number of benzene rings is 2. The fraction of sp³-hybridized carbons (Fsp3) is 0.273. The van der Waals surface area contributed by atoms with Crippen molar-refractivity contribution in [2.24, 2.45) is 0 Å². The lowest BCUT2D eigenvalue weighted by Crippen LogP contribution is -2.50. The molecule has 29 heavy (non-hydrogen) atoms. The van der Waals surface area contributed by atoms with Gasteiger partial charge in [0.25, 0.3) is 11.8 Å². The SMILES string of the molecule is O=C(NNC(=O)C1COc2ccccc2O1)c1ccc2[nH]c3c(c2c1)CCCC3. The summed E-state index contributed by atoms with van der Waals surface area (Å²) in [5, 5.41) is 1.08. The Morgan fingerprint density at radius 1 is 1.00 bits per heavy atom. The lowest BCUT2D eigenvalue weighted by molar-refractivity contribution is -0.131. The highest BCUT2D eigenvalue weighted by molar-refractivity contribution is 6.00. The number of H-pyrrole nitrogens is 1. The van der Waals surface area contributed by atoms with Crippen LogP contribution in [-0.4, -0.2) is 29.5 Å². The maximum absolute atomic E-state index is 12.6. The van der Waals surface area contributed by atoms with E-state index < -0.39 is 12.0 Å². The fourth-order valence-electron chi connectivity index (χ4n) is 3.97. The molecule has 0 spiro atoms. The Hall–Kier alpha value is -3.48. The molecule has 1 aromatic heterocycles. The van der Waals surface area contributed by atoms with Crippen molar-refractivity contribution in [2.75, 3.05) is 6.61 Å². The predicted molar refractivity (Wildman–Crippen MR) is 107 cm³/mol. The number of hydrogen-bond acceptors (Lipinski definition) is 4. The Morgan fingerprint density at radius 3 is 2.72 bits per heavy atom. The van der Waals surface area contributed by atoms with Crippen LogP contribution in [0.25, 0.3) is 10.9 Å². The zero-order chi connectivity index (χ0) is 19.8. The standard InChI is InChI=1S/C22H21N3O4/c26-21(13-9-10-17-15(11-13)14-5-1-2-6-16(14)23-17)24-25-22(27)20-12-28-18-7-3-4-8-19(18)29-20/h3-4,7-11,20,23H,1-2,5-6,12H2,(H,24,26)(H,25,27). The van der Waals surface area contributed by atoms with E-state index in [0.29, 0.717) is 17.1 Å². The summed E-state index contributed by atoms with van der Waals surface area (Å²) in [6.07, 6.45) is 3.60. The molecule has 0 saturated heterocycles. The van der Waals surface area contributed by atoms with Crippen molar-refractivity contribution in [1.29, 1.82) is 0 Å². The van der Waals surface area contributed by atoms with Crippen molar-refractivity contribution in [3.05, 3.63) is 59.3 Å². The molecule has 1 aliphatic carbocycles. The van der Waals surface area contributed by atoms with Gasteiger partial charge in [0.05, 0.1) is 0 Å². The molecule has 7 heteroatoms. The maximum atomic E-state index is 12.6. The van der Waals surface area contributed by atoms with Gasteiger partial charge in [-0.1, -0.05) is 12.1 Å². The second-order valence-electron chi connectivity index (χ2n) is 7.36. The number of aryl methyl sites for hydroxylation is 2. The van der Waals surface area contributed by atoms with Gasteiger partial charge >= 0.3 is 0 Å². The largest absolute Gasteiger partial charge is 0.485 e. The van der Waals surface area contributed by atoms with Crippen LogP contribution in [0.15, 0.2) is 42.5 Å². The van der Waals surface area contributed by atoms with Crippen LogP contribution >= 0.6 is 0 Å². The van der Waals surface area contributed by atoms with Gasteiger partial charge in [-0.2, -0.15) is 0 Å². The van der Waals surface area contributed by atoms with Gasteiger partial charge < -0.3 is 14.5 Å². The Balaban J connectivity index is 1.25. The van der Waals surface area contributed by atoms with Gasteiger partial charge in [-0.15, -0.1) is 0 Å². The molecule has 0 radical (unpaired) electrons. The van der Waals surface area contributed by atoms with E-state index in [1.165, 1.54) is 24.1 Å². The van der Waals surface area contributed by atoms with E-state index in [9.17, 15) is 9.59 Å². The van der Waals surface area contributed by atoms with Crippen molar-refractivity contribution in [3.8, 4) is 11.5 Å². The Bertz CT molecular complexity index is 1100. The average molecular weight is 391 g/mol. The Morgan fingerprint density at radius 2 is 1.83 bits per heavy atom. The highest BCUT2D eigenvalue weighted by Gasteiger charge is 2.27. The van der Waals surface area contributed by atoms with Gasteiger partial charge in [0.15, 0.2) is 11.5 Å².